The second kappa shape index (κ2) is 7.95. The second-order valence-corrected chi connectivity index (χ2v) is 10.2. The maximum absolute atomic E-state index is 13.3. The molecule has 5 nitrogen and oxygen atoms in total. The fourth-order valence-corrected chi connectivity index (χ4v) is 6.21. The van der Waals surface area contributed by atoms with E-state index in [1.807, 2.05) is 4.68 Å². The van der Waals surface area contributed by atoms with Gasteiger partial charge in [-0.3, -0.25) is 4.90 Å². The van der Waals surface area contributed by atoms with Crippen LogP contribution in [0.25, 0.3) is 5.69 Å². The fourth-order valence-electron chi connectivity index (χ4n) is 4.44. The van der Waals surface area contributed by atoms with Gasteiger partial charge >= 0.3 is 0 Å². The summed E-state index contributed by atoms with van der Waals surface area (Å²) in [6.45, 7) is 3.75. The summed E-state index contributed by atoms with van der Waals surface area (Å²) >= 11 is 0. The summed E-state index contributed by atoms with van der Waals surface area (Å²) in [6, 6.07) is 6.56. The van der Waals surface area contributed by atoms with Gasteiger partial charge in [-0.1, -0.05) is 13.3 Å². The molecule has 1 aliphatic heterocycles. The Hall–Kier alpha value is -1.73. The number of fused-ring (bicyclic) bond motifs is 1. The van der Waals surface area contributed by atoms with Crippen molar-refractivity contribution in [3.8, 4) is 5.69 Å². The number of aromatic nitrogens is 2. The van der Waals surface area contributed by atoms with E-state index in [0.29, 0.717) is 18.7 Å². The van der Waals surface area contributed by atoms with Gasteiger partial charge in [0.25, 0.3) is 0 Å². The molecule has 0 bridgehead atoms. The Kier molecular flexibility index (Phi) is 5.56. The third kappa shape index (κ3) is 4.01. The molecular weight excluding hydrogens is 377 g/mol. The zero-order valence-corrected chi connectivity index (χ0v) is 17.2. The van der Waals surface area contributed by atoms with E-state index in [9.17, 15) is 12.8 Å². The van der Waals surface area contributed by atoms with E-state index >= 15 is 0 Å². The third-order valence-electron chi connectivity index (χ3n) is 5.96. The van der Waals surface area contributed by atoms with Crippen LogP contribution in [0.4, 0.5) is 4.39 Å². The molecule has 1 unspecified atom stereocenters. The molecule has 152 valence electrons. The number of halogens is 1. The molecule has 1 aromatic carbocycles. The van der Waals surface area contributed by atoms with Gasteiger partial charge in [-0.25, -0.2) is 17.5 Å². The highest BCUT2D eigenvalue weighted by atomic mass is 32.2. The molecule has 28 heavy (non-hydrogen) atoms. The van der Waals surface area contributed by atoms with Crippen molar-refractivity contribution in [2.75, 3.05) is 18.1 Å². The first-order chi connectivity index (χ1) is 13.5. The highest BCUT2D eigenvalue weighted by Crippen LogP contribution is 2.30. The zero-order valence-electron chi connectivity index (χ0n) is 16.4. The van der Waals surface area contributed by atoms with E-state index in [1.54, 1.807) is 12.1 Å². The molecule has 0 amide bonds. The molecule has 2 heterocycles. The van der Waals surface area contributed by atoms with Gasteiger partial charge in [-0.05, 0) is 68.5 Å². The van der Waals surface area contributed by atoms with Crippen molar-refractivity contribution in [2.45, 2.75) is 58.0 Å². The van der Waals surface area contributed by atoms with E-state index in [4.69, 9.17) is 5.10 Å². The number of hydrogen-bond donors (Lipinski definition) is 0. The van der Waals surface area contributed by atoms with Crippen molar-refractivity contribution in [2.24, 2.45) is 0 Å². The molecule has 2 aromatic rings. The fraction of sp³-hybridized carbons (Fsp3) is 0.571. The summed E-state index contributed by atoms with van der Waals surface area (Å²) in [5.74, 6) is 0.306. The quantitative estimate of drug-likeness (QED) is 0.709. The Balaban J connectivity index is 1.62. The summed E-state index contributed by atoms with van der Waals surface area (Å²) in [5, 5.41) is 4.89. The van der Waals surface area contributed by atoms with Gasteiger partial charge in [0.2, 0.25) is 0 Å². The lowest BCUT2D eigenvalue weighted by molar-refractivity contribution is 0.197. The number of sulfone groups is 1. The highest BCUT2D eigenvalue weighted by Gasteiger charge is 2.33. The van der Waals surface area contributed by atoms with Crippen LogP contribution in [-0.4, -0.2) is 47.2 Å². The van der Waals surface area contributed by atoms with Gasteiger partial charge in [-0.15, -0.1) is 0 Å². The maximum Gasteiger partial charge on any atom is 0.151 e. The average Bonchev–Trinajstić information content (AvgIpc) is 3.35. The predicted octanol–water partition coefficient (Wildman–Crippen LogP) is 3.29. The van der Waals surface area contributed by atoms with Gasteiger partial charge < -0.3 is 0 Å². The molecule has 4 rings (SSSR count). The largest absolute Gasteiger partial charge is 0.293 e. The highest BCUT2D eigenvalue weighted by molar-refractivity contribution is 7.91. The smallest absolute Gasteiger partial charge is 0.151 e. The van der Waals surface area contributed by atoms with Gasteiger partial charge in [-0.2, -0.15) is 5.10 Å². The molecule has 0 saturated carbocycles. The van der Waals surface area contributed by atoms with E-state index in [0.717, 1.165) is 50.0 Å². The molecule has 1 aliphatic carbocycles. The Morgan fingerprint density at radius 2 is 2.04 bits per heavy atom. The molecule has 1 aromatic heterocycles. The van der Waals surface area contributed by atoms with Crippen LogP contribution in [0.5, 0.6) is 0 Å². The molecule has 1 saturated heterocycles. The van der Waals surface area contributed by atoms with E-state index in [2.05, 4.69) is 11.8 Å². The van der Waals surface area contributed by atoms with Crippen LogP contribution in [-0.2, 0) is 29.2 Å². The minimum absolute atomic E-state index is 0.0876. The van der Waals surface area contributed by atoms with Crippen molar-refractivity contribution in [3.63, 3.8) is 0 Å². The molecule has 2 aliphatic rings. The van der Waals surface area contributed by atoms with Crippen LogP contribution in [0.1, 0.15) is 49.6 Å². The minimum Gasteiger partial charge on any atom is -0.293 e. The topological polar surface area (TPSA) is 55.2 Å². The lowest BCUT2D eigenvalue weighted by Gasteiger charge is -2.27. The van der Waals surface area contributed by atoms with Crippen molar-refractivity contribution >= 4 is 9.84 Å². The Labute approximate surface area is 166 Å². The van der Waals surface area contributed by atoms with Crippen LogP contribution in [0.3, 0.4) is 0 Å². The van der Waals surface area contributed by atoms with Crippen molar-refractivity contribution in [1.82, 2.24) is 14.7 Å². The van der Waals surface area contributed by atoms with Gasteiger partial charge in [0.05, 0.1) is 22.9 Å². The number of benzene rings is 1. The van der Waals surface area contributed by atoms with Gasteiger partial charge in [0.1, 0.15) is 5.82 Å². The molecule has 0 radical (unpaired) electrons. The van der Waals surface area contributed by atoms with Crippen LogP contribution < -0.4 is 0 Å². The first-order valence-corrected chi connectivity index (χ1v) is 12.1. The summed E-state index contributed by atoms with van der Waals surface area (Å²) in [4.78, 5) is 2.32. The van der Waals surface area contributed by atoms with E-state index in [-0.39, 0.29) is 17.6 Å². The molecule has 7 heteroatoms. The third-order valence-corrected chi connectivity index (χ3v) is 7.71. The molecule has 0 N–H and O–H groups in total. The average molecular weight is 406 g/mol. The summed E-state index contributed by atoms with van der Waals surface area (Å²) in [5.41, 5.74) is 4.45. The van der Waals surface area contributed by atoms with Gasteiger partial charge in [0, 0.05) is 18.3 Å². The maximum atomic E-state index is 13.3. The summed E-state index contributed by atoms with van der Waals surface area (Å²) < 4.78 is 39.3. The normalized spacial score (nSPS) is 20.8. The van der Waals surface area contributed by atoms with Crippen LogP contribution in [0, 0.1) is 5.82 Å². The van der Waals surface area contributed by atoms with Gasteiger partial charge in [0.15, 0.2) is 9.84 Å². The van der Waals surface area contributed by atoms with Crippen LogP contribution in [0.15, 0.2) is 24.3 Å². The Morgan fingerprint density at radius 1 is 1.25 bits per heavy atom. The molecule has 0 spiro atoms. The van der Waals surface area contributed by atoms with Crippen molar-refractivity contribution in [1.29, 1.82) is 0 Å². The van der Waals surface area contributed by atoms with Crippen LogP contribution in [0.2, 0.25) is 0 Å². The van der Waals surface area contributed by atoms with E-state index < -0.39 is 9.84 Å². The first-order valence-electron chi connectivity index (χ1n) is 10.3. The SMILES string of the molecule is CCCCN(Cc1nn(-c2ccc(F)cc2)c2c1CCC2)C1CCS(=O)(=O)C1. The molecular formula is C21H28FN3O2S. The molecule has 1 fully saturated rings. The number of unbranched alkanes of at least 4 members (excludes halogenated alkanes) is 1. The number of rotatable bonds is 7. The van der Waals surface area contributed by atoms with Crippen molar-refractivity contribution in [3.05, 3.63) is 47.0 Å². The lowest BCUT2D eigenvalue weighted by atomic mass is 10.1. The van der Waals surface area contributed by atoms with Crippen molar-refractivity contribution < 1.29 is 12.8 Å². The van der Waals surface area contributed by atoms with Crippen LogP contribution >= 0.6 is 0 Å². The minimum atomic E-state index is -2.91. The van der Waals surface area contributed by atoms with E-state index in [1.165, 1.54) is 23.4 Å². The number of hydrogen-bond acceptors (Lipinski definition) is 4. The lowest BCUT2D eigenvalue weighted by Crippen LogP contribution is -2.36. The Morgan fingerprint density at radius 3 is 2.71 bits per heavy atom. The summed E-state index contributed by atoms with van der Waals surface area (Å²) in [6.07, 6.45) is 5.94. The Bertz CT molecular complexity index is 937. The second-order valence-electron chi connectivity index (χ2n) is 7.99. The number of nitrogens with zero attached hydrogens (tertiary/aromatic N) is 3. The predicted molar refractivity (Wildman–Crippen MR) is 108 cm³/mol. The first kappa shape index (κ1) is 19.6. The monoisotopic (exact) mass is 405 g/mol. The summed E-state index contributed by atoms with van der Waals surface area (Å²) in [7, 11) is -2.91. The zero-order chi connectivity index (χ0) is 19.7. The standard InChI is InChI=1S/C21H28FN3O2S/c1-2-3-12-24(18-11-13-28(26,27)15-18)14-20-19-5-4-6-21(19)25(23-20)17-9-7-16(22)8-10-17/h7-10,18H,2-6,11-15H2,1H3. The molecule has 1 atom stereocenters.